The monoisotopic (exact) mass is 355 g/mol. The summed E-state index contributed by atoms with van der Waals surface area (Å²) < 4.78 is 12.7. The van der Waals surface area contributed by atoms with Gasteiger partial charge in [0, 0.05) is 23.7 Å². The zero-order chi connectivity index (χ0) is 15.1. The first-order valence-corrected chi connectivity index (χ1v) is 8.62. The Hall–Kier alpha value is -0.420. The predicted octanol–water partition coefficient (Wildman–Crippen LogP) is 3.93. The molecular formula is C17H26BrNO2. The second kappa shape index (κ2) is 8.89. The summed E-state index contributed by atoms with van der Waals surface area (Å²) in [7, 11) is 0. The lowest BCUT2D eigenvalue weighted by Crippen LogP contribution is -2.26. The van der Waals surface area contributed by atoms with Crippen molar-refractivity contribution in [2.24, 2.45) is 5.92 Å². The molecule has 1 aliphatic carbocycles. The largest absolute Gasteiger partial charge is 0.379 e. The van der Waals surface area contributed by atoms with Gasteiger partial charge in [0.2, 0.25) is 0 Å². The van der Waals surface area contributed by atoms with E-state index in [0.717, 1.165) is 17.6 Å². The Morgan fingerprint density at radius 1 is 1.19 bits per heavy atom. The van der Waals surface area contributed by atoms with Gasteiger partial charge in [0.25, 0.3) is 0 Å². The minimum absolute atomic E-state index is 0.0985. The Bertz CT molecular complexity index is 404. The van der Waals surface area contributed by atoms with Gasteiger partial charge in [-0.15, -0.1) is 0 Å². The Balaban J connectivity index is 1.78. The molecule has 1 aromatic rings. The highest BCUT2D eigenvalue weighted by Gasteiger charge is 2.22. The lowest BCUT2D eigenvalue weighted by atomic mass is 10.1. The smallest absolute Gasteiger partial charge is 0.0950 e. The van der Waals surface area contributed by atoms with Crippen LogP contribution in [0.5, 0.6) is 0 Å². The fraction of sp³-hybridized carbons (Fsp3) is 0.647. The molecule has 0 heterocycles. The Morgan fingerprint density at radius 2 is 1.90 bits per heavy atom. The van der Waals surface area contributed by atoms with Crippen LogP contribution >= 0.6 is 15.9 Å². The van der Waals surface area contributed by atoms with E-state index in [-0.39, 0.29) is 6.10 Å². The van der Waals surface area contributed by atoms with Crippen molar-refractivity contribution < 1.29 is 9.47 Å². The maximum Gasteiger partial charge on any atom is 0.0950 e. The van der Waals surface area contributed by atoms with Crippen LogP contribution in [0.2, 0.25) is 0 Å². The van der Waals surface area contributed by atoms with Gasteiger partial charge < -0.3 is 14.8 Å². The third kappa shape index (κ3) is 6.92. The molecule has 0 aromatic heterocycles. The van der Waals surface area contributed by atoms with Gasteiger partial charge in [0.05, 0.1) is 19.3 Å². The van der Waals surface area contributed by atoms with Crippen LogP contribution in [0.4, 0.5) is 0 Å². The number of rotatable bonds is 10. The average molecular weight is 356 g/mol. The number of benzene rings is 1. The van der Waals surface area contributed by atoms with Gasteiger partial charge in [-0.1, -0.05) is 41.9 Å². The van der Waals surface area contributed by atoms with Crippen molar-refractivity contribution >= 4 is 15.9 Å². The molecule has 1 saturated carbocycles. The Morgan fingerprint density at radius 3 is 2.52 bits per heavy atom. The molecule has 1 atom stereocenters. The maximum atomic E-state index is 6.03. The van der Waals surface area contributed by atoms with E-state index in [2.05, 4.69) is 59.4 Å². The lowest BCUT2D eigenvalue weighted by molar-refractivity contribution is -0.00144. The average Bonchev–Trinajstić information content (AvgIpc) is 3.27. The Labute approximate surface area is 136 Å². The van der Waals surface area contributed by atoms with E-state index in [1.807, 2.05) is 0 Å². The van der Waals surface area contributed by atoms with Crippen LogP contribution < -0.4 is 5.32 Å². The van der Waals surface area contributed by atoms with Crippen LogP contribution in [0, 0.1) is 5.92 Å². The van der Waals surface area contributed by atoms with Crippen LogP contribution in [-0.2, 0) is 9.47 Å². The number of hydrogen-bond donors (Lipinski definition) is 1. The first-order chi connectivity index (χ1) is 10.1. The molecule has 0 spiro atoms. The van der Waals surface area contributed by atoms with E-state index in [0.29, 0.717) is 25.2 Å². The van der Waals surface area contributed by atoms with Crippen molar-refractivity contribution in [3.8, 4) is 0 Å². The molecular weight excluding hydrogens is 330 g/mol. The second-order valence-electron chi connectivity index (χ2n) is 6.06. The maximum absolute atomic E-state index is 6.03. The van der Waals surface area contributed by atoms with E-state index in [4.69, 9.17) is 9.47 Å². The van der Waals surface area contributed by atoms with E-state index < -0.39 is 0 Å². The summed E-state index contributed by atoms with van der Waals surface area (Å²) in [6, 6.07) is 9.08. The molecule has 1 N–H and O–H groups in total. The van der Waals surface area contributed by atoms with Gasteiger partial charge in [0.15, 0.2) is 0 Å². The van der Waals surface area contributed by atoms with Crippen LogP contribution in [0.1, 0.15) is 38.4 Å². The molecule has 0 saturated heterocycles. The summed E-state index contributed by atoms with van der Waals surface area (Å²) in [5.74, 6) is 0.573. The van der Waals surface area contributed by atoms with Crippen molar-refractivity contribution in [2.75, 3.05) is 26.4 Å². The van der Waals surface area contributed by atoms with Gasteiger partial charge in [-0.25, -0.2) is 0 Å². The molecule has 1 unspecified atom stereocenters. The predicted molar refractivity (Wildman–Crippen MR) is 89.5 cm³/mol. The minimum atomic E-state index is 0.0985. The zero-order valence-corrected chi connectivity index (χ0v) is 14.6. The summed E-state index contributed by atoms with van der Waals surface area (Å²) in [5.41, 5.74) is 1.22. The van der Waals surface area contributed by atoms with Gasteiger partial charge >= 0.3 is 0 Å². The third-order valence-corrected chi connectivity index (χ3v) is 3.94. The highest BCUT2D eigenvalue weighted by atomic mass is 79.9. The van der Waals surface area contributed by atoms with Gasteiger partial charge in [0.1, 0.15) is 0 Å². The topological polar surface area (TPSA) is 30.5 Å². The van der Waals surface area contributed by atoms with Crippen molar-refractivity contribution in [3.63, 3.8) is 0 Å². The minimum Gasteiger partial charge on any atom is -0.379 e. The van der Waals surface area contributed by atoms with E-state index in [1.54, 1.807) is 0 Å². The first kappa shape index (κ1) is 16.9. The molecule has 4 heteroatoms. The molecule has 0 aliphatic heterocycles. The fourth-order valence-corrected chi connectivity index (χ4v) is 2.34. The molecule has 0 radical (unpaired) electrons. The number of ether oxygens (including phenoxy) is 2. The highest BCUT2D eigenvalue weighted by molar-refractivity contribution is 9.10. The summed E-state index contributed by atoms with van der Waals surface area (Å²) in [4.78, 5) is 0. The standard InChI is InChI=1S/C17H26BrNO2/c1-13(2)12-20-9-10-21-17(11-19-16-7-8-16)14-3-5-15(18)6-4-14/h3-6,13,16-17,19H,7-12H2,1-2H3. The summed E-state index contributed by atoms with van der Waals surface area (Å²) >= 11 is 3.48. The molecule has 1 fully saturated rings. The molecule has 3 nitrogen and oxygen atoms in total. The van der Waals surface area contributed by atoms with Gasteiger partial charge in [-0.2, -0.15) is 0 Å². The second-order valence-corrected chi connectivity index (χ2v) is 6.98. The SMILES string of the molecule is CC(C)COCCOC(CNC1CC1)c1ccc(Br)cc1. The van der Waals surface area contributed by atoms with Crippen LogP contribution in [0.15, 0.2) is 28.7 Å². The zero-order valence-electron chi connectivity index (χ0n) is 13.0. The van der Waals surface area contributed by atoms with Crippen molar-refractivity contribution in [3.05, 3.63) is 34.3 Å². The molecule has 21 heavy (non-hydrogen) atoms. The Kier molecular flexibility index (Phi) is 7.17. The van der Waals surface area contributed by atoms with E-state index in [9.17, 15) is 0 Å². The molecule has 1 aromatic carbocycles. The normalized spacial score (nSPS) is 16.4. The van der Waals surface area contributed by atoms with E-state index >= 15 is 0 Å². The summed E-state index contributed by atoms with van der Waals surface area (Å²) in [6.07, 6.45) is 2.69. The quantitative estimate of drug-likeness (QED) is 0.645. The fourth-order valence-electron chi connectivity index (χ4n) is 2.08. The lowest BCUT2D eigenvalue weighted by Gasteiger charge is -2.19. The van der Waals surface area contributed by atoms with Crippen LogP contribution in [0.3, 0.4) is 0 Å². The molecule has 0 bridgehead atoms. The van der Waals surface area contributed by atoms with Crippen LogP contribution in [0.25, 0.3) is 0 Å². The van der Waals surface area contributed by atoms with Gasteiger partial charge in [-0.05, 0) is 36.5 Å². The van der Waals surface area contributed by atoms with Crippen molar-refractivity contribution in [2.45, 2.75) is 38.8 Å². The summed E-state index contributed by atoms with van der Waals surface area (Å²) in [6.45, 7) is 7.29. The number of hydrogen-bond acceptors (Lipinski definition) is 3. The first-order valence-electron chi connectivity index (χ1n) is 7.83. The molecule has 1 aliphatic rings. The third-order valence-electron chi connectivity index (χ3n) is 3.41. The summed E-state index contributed by atoms with van der Waals surface area (Å²) in [5, 5.41) is 3.55. The van der Waals surface area contributed by atoms with Crippen LogP contribution in [-0.4, -0.2) is 32.4 Å². The van der Waals surface area contributed by atoms with Crippen molar-refractivity contribution in [1.82, 2.24) is 5.32 Å². The molecule has 118 valence electrons. The number of halogens is 1. The van der Waals surface area contributed by atoms with E-state index in [1.165, 1.54) is 18.4 Å². The molecule has 2 rings (SSSR count). The molecule has 0 amide bonds. The highest BCUT2D eigenvalue weighted by Crippen LogP contribution is 2.23. The van der Waals surface area contributed by atoms with Crippen molar-refractivity contribution in [1.29, 1.82) is 0 Å². The van der Waals surface area contributed by atoms with Gasteiger partial charge in [-0.3, -0.25) is 0 Å². The number of nitrogens with one attached hydrogen (secondary N) is 1.